The number of allylic oxidation sites excluding steroid dienone is 4. The van der Waals surface area contributed by atoms with E-state index in [0.717, 1.165) is 37.8 Å². The molecule has 0 spiro atoms. The van der Waals surface area contributed by atoms with Crippen LogP contribution in [0.5, 0.6) is 0 Å². The summed E-state index contributed by atoms with van der Waals surface area (Å²) in [6, 6.07) is 0.546. The number of carbonyl (C=O) groups excluding carboxylic acids is 1. The summed E-state index contributed by atoms with van der Waals surface area (Å²) in [7, 11) is 0. The average Bonchev–Trinajstić information content (AvgIpc) is 3.45. The second-order valence-electron chi connectivity index (χ2n) is 12.9. The van der Waals surface area contributed by atoms with Crippen molar-refractivity contribution >= 4 is 6.03 Å². The molecule has 2 amide bonds. The second-order valence-corrected chi connectivity index (χ2v) is 12.9. The number of hydrogen-bond donors (Lipinski definition) is 2. The van der Waals surface area contributed by atoms with Gasteiger partial charge < -0.3 is 20.3 Å². The van der Waals surface area contributed by atoms with E-state index in [2.05, 4.69) is 26.3 Å². The number of imidazole rings is 1. The molecule has 5 saturated carbocycles. The summed E-state index contributed by atoms with van der Waals surface area (Å²) < 4.78 is 17.2. The molecule has 194 valence electrons. The summed E-state index contributed by atoms with van der Waals surface area (Å²) in [5.74, 6) is 1.38. The molecule has 7 heteroatoms. The van der Waals surface area contributed by atoms with E-state index in [9.17, 15) is 9.90 Å². The van der Waals surface area contributed by atoms with Gasteiger partial charge in [-0.3, -0.25) is 0 Å². The Morgan fingerprint density at radius 3 is 2.72 bits per heavy atom. The van der Waals surface area contributed by atoms with Gasteiger partial charge in [0.05, 0.1) is 12.4 Å². The summed E-state index contributed by atoms with van der Waals surface area (Å²) in [4.78, 5) is 17.3. The molecule has 2 heterocycles. The van der Waals surface area contributed by atoms with E-state index < -0.39 is 0 Å². The van der Waals surface area contributed by atoms with Gasteiger partial charge in [-0.1, -0.05) is 31.4 Å². The molecule has 1 aliphatic heterocycles. The Kier molecular flexibility index (Phi) is 5.57. The van der Waals surface area contributed by atoms with Crippen LogP contribution in [0.1, 0.15) is 88.3 Å². The minimum Gasteiger partial charge on any atom is -0.443 e. The molecule has 7 aliphatic rings. The smallest absolute Gasteiger partial charge is 0.315 e. The predicted octanol–water partition coefficient (Wildman–Crippen LogP) is 4.87. The third-order valence-corrected chi connectivity index (χ3v) is 10.9. The number of nitrogens with zero attached hydrogens (tertiary/aromatic N) is 2. The Morgan fingerprint density at radius 2 is 1.94 bits per heavy atom. The first-order valence-electron chi connectivity index (χ1n) is 14.3. The first kappa shape index (κ1) is 23.0. The zero-order valence-corrected chi connectivity index (χ0v) is 21.0. The number of aromatic nitrogens is 2. The molecular weight excluding hydrogens is 455 g/mol. The fraction of sp³-hybridized carbons (Fsp3) is 0.724. The van der Waals surface area contributed by atoms with Crippen molar-refractivity contribution in [3.8, 4) is 0 Å². The maximum atomic E-state index is 15.1. The quantitative estimate of drug-likeness (QED) is 0.572. The molecule has 1 aromatic rings. The highest BCUT2D eigenvalue weighted by molar-refractivity contribution is 5.74. The normalized spacial score (nSPS) is 41.5. The van der Waals surface area contributed by atoms with E-state index in [0.29, 0.717) is 30.2 Å². The van der Waals surface area contributed by atoms with Gasteiger partial charge in [0.15, 0.2) is 6.10 Å². The van der Waals surface area contributed by atoms with Crippen molar-refractivity contribution in [3.63, 3.8) is 0 Å². The lowest BCUT2D eigenvalue weighted by atomic mass is 9.46. The molecule has 8 rings (SSSR count). The van der Waals surface area contributed by atoms with Gasteiger partial charge in [0.1, 0.15) is 5.83 Å². The van der Waals surface area contributed by atoms with Gasteiger partial charge in [0.2, 0.25) is 0 Å². The number of fused-ring (bicyclic) bond motifs is 3. The summed E-state index contributed by atoms with van der Waals surface area (Å²) in [5, 5.41) is 16.1. The van der Waals surface area contributed by atoms with Crippen molar-refractivity contribution in [2.75, 3.05) is 0 Å². The molecule has 4 N–H and O–H groups in total. The maximum absolute atomic E-state index is 15.1. The van der Waals surface area contributed by atoms with Gasteiger partial charge in [-0.05, 0) is 68.8 Å². The zero-order valence-electron chi connectivity index (χ0n) is 21.0. The standard InChI is InChI=1S/C29H39FN4O2/c30-22-8-4-7-21-24-15-31-16-34(24)23(26(21)22)11-25(35)29-12-17-9-18(13-29)27(19(10-17)14-29)33-28(36)32-20-5-2-1-3-6-20/h4,7-8,15-21,23,25-27,35H,1-3,5-6,9-14H2,(H2,32,33,36)/p+1. The van der Waals surface area contributed by atoms with Gasteiger partial charge in [0, 0.05) is 47.6 Å². The number of rotatable bonds is 5. The van der Waals surface area contributed by atoms with Crippen LogP contribution in [0.25, 0.3) is 0 Å². The number of carbonyl (C=O) groups is 1. The number of nitrogens with one attached hydrogen (secondary N) is 2. The van der Waals surface area contributed by atoms with Gasteiger partial charge in [-0.25, -0.2) is 14.2 Å². The van der Waals surface area contributed by atoms with Crippen LogP contribution in [0, 0.1) is 29.1 Å². The van der Waals surface area contributed by atoms with E-state index in [1.807, 2.05) is 18.6 Å². The third-order valence-electron chi connectivity index (χ3n) is 10.9. The van der Waals surface area contributed by atoms with Crippen LogP contribution in [-0.4, -0.2) is 38.9 Å². The Hall–Kier alpha value is -2.15. The Labute approximate surface area is 212 Å². The molecule has 0 saturated heterocycles. The molecular formula is C29H40FN4O2+. The average molecular weight is 496 g/mol. The number of urea groups is 1. The minimum atomic E-state index is -0.222. The number of hydrogen-bond acceptors (Lipinski definition) is 2. The second kappa shape index (κ2) is 8.71. The van der Waals surface area contributed by atoms with Crippen molar-refractivity contribution in [3.05, 3.63) is 42.3 Å². The third kappa shape index (κ3) is 3.67. The molecule has 36 heavy (non-hydrogen) atoms. The van der Waals surface area contributed by atoms with Crippen LogP contribution in [0.15, 0.2) is 36.6 Å². The van der Waals surface area contributed by atoms with Crippen molar-refractivity contribution in [1.29, 1.82) is 0 Å². The molecule has 4 bridgehead atoms. The fourth-order valence-corrected chi connectivity index (χ4v) is 9.53. The van der Waals surface area contributed by atoms with Crippen molar-refractivity contribution in [2.45, 2.75) is 101 Å². The van der Waals surface area contributed by atoms with Crippen LogP contribution in [0.4, 0.5) is 9.18 Å². The molecule has 1 aromatic heterocycles. The molecule has 0 aromatic carbocycles. The van der Waals surface area contributed by atoms with Crippen LogP contribution < -0.4 is 10.6 Å². The number of amides is 2. The number of halogens is 1. The highest BCUT2D eigenvalue weighted by Gasteiger charge is 2.60. The first-order valence-corrected chi connectivity index (χ1v) is 14.3. The van der Waals surface area contributed by atoms with E-state index in [-0.39, 0.29) is 47.3 Å². The Balaban J connectivity index is 1.05. The molecule has 6 aliphatic carbocycles. The maximum Gasteiger partial charge on any atom is 0.315 e. The van der Waals surface area contributed by atoms with Crippen LogP contribution >= 0.6 is 0 Å². The van der Waals surface area contributed by atoms with Gasteiger partial charge in [-0.2, -0.15) is 0 Å². The van der Waals surface area contributed by atoms with Crippen molar-refractivity contribution in [2.24, 2.45) is 29.1 Å². The van der Waals surface area contributed by atoms with Crippen LogP contribution in [-0.2, 0) is 0 Å². The molecule has 6 unspecified atom stereocenters. The molecule has 5 fully saturated rings. The monoisotopic (exact) mass is 495 g/mol. The summed E-state index contributed by atoms with van der Waals surface area (Å²) in [6.07, 6.45) is 21.2. The van der Waals surface area contributed by atoms with Crippen molar-refractivity contribution < 1.29 is 14.3 Å². The predicted molar refractivity (Wildman–Crippen MR) is 136 cm³/mol. The Bertz CT molecular complexity index is 1060. The Morgan fingerprint density at radius 1 is 1.17 bits per heavy atom. The lowest BCUT2D eigenvalue weighted by Crippen LogP contribution is -2.63. The zero-order chi connectivity index (χ0) is 24.4. The van der Waals surface area contributed by atoms with Crippen LogP contribution in [0.2, 0.25) is 0 Å². The van der Waals surface area contributed by atoms with E-state index in [4.69, 9.17) is 0 Å². The lowest BCUT2D eigenvalue weighted by Gasteiger charge is -2.60. The molecule has 6 nitrogen and oxygen atoms in total. The van der Waals surface area contributed by atoms with E-state index in [1.54, 1.807) is 6.08 Å². The highest BCUT2D eigenvalue weighted by atomic mass is 19.1. The summed E-state index contributed by atoms with van der Waals surface area (Å²) in [5.41, 5.74) is 1.08. The topological polar surface area (TPSA) is 81.8 Å². The van der Waals surface area contributed by atoms with Gasteiger partial charge in [-0.15, -0.1) is 0 Å². The first-order chi connectivity index (χ1) is 17.5. The summed E-state index contributed by atoms with van der Waals surface area (Å²) >= 11 is 0. The fourth-order valence-electron chi connectivity index (χ4n) is 9.53. The minimum absolute atomic E-state index is 0.00193. The van der Waals surface area contributed by atoms with Crippen LogP contribution in [0.3, 0.4) is 0 Å². The highest BCUT2D eigenvalue weighted by Crippen LogP contribution is 2.63. The van der Waals surface area contributed by atoms with E-state index >= 15 is 4.39 Å². The van der Waals surface area contributed by atoms with Crippen molar-refractivity contribution in [1.82, 2.24) is 20.2 Å². The lowest BCUT2D eigenvalue weighted by molar-refractivity contribution is -0.137. The van der Waals surface area contributed by atoms with Gasteiger partial charge in [0.25, 0.3) is 0 Å². The molecule has 6 atom stereocenters. The molecule has 0 radical (unpaired) electrons. The SMILES string of the molecule is O=C(NC1CCCCC1)NC1C2CC3CC1CC(C([OH2+])CC1C4C(F)=CC=CC4c4cncn41)(C3)C2. The largest absolute Gasteiger partial charge is 0.443 e. The summed E-state index contributed by atoms with van der Waals surface area (Å²) in [6.45, 7) is 0. The van der Waals surface area contributed by atoms with E-state index in [1.165, 1.54) is 32.1 Å². The van der Waals surface area contributed by atoms with Gasteiger partial charge >= 0.3 is 6.03 Å².